The van der Waals surface area contributed by atoms with Crippen molar-refractivity contribution in [1.82, 2.24) is 0 Å². The van der Waals surface area contributed by atoms with E-state index in [2.05, 4.69) is 0 Å². The maximum Gasteiger partial charge on any atom is 0.191 e. The smallest absolute Gasteiger partial charge is 0.191 e. The maximum absolute atomic E-state index is 13.6. The summed E-state index contributed by atoms with van der Waals surface area (Å²) in [5.74, 6) is -1.85. The summed E-state index contributed by atoms with van der Waals surface area (Å²) in [4.78, 5) is 0. The Kier molecular flexibility index (Phi) is 4.85. The van der Waals surface area contributed by atoms with E-state index in [-0.39, 0.29) is 18.9 Å². The molecule has 0 aromatic heterocycles. The maximum atomic E-state index is 13.6. The van der Waals surface area contributed by atoms with Crippen LogP contribution in [0.1, 0.15) is 11.1 Å². The zero-order valence-electron chi connectivity index (χ0n) is 10.9. The molecule has 0 aliphatic carbocycles. The van der Waals surface area contributed by atoms with Gasteiger partial charge < -0.3 is 10.5 Å². The summed E-state index contributed by atoms with van der Waals surface area (Å²) >= 11 is 0. The Morgan fingerprint density at radius 3 is 2.30 bits per heavy atom. The van der Waals surface area contributed by atoms with E-state index in [1.165, 1.54) is 12.1 Å². The zero-order valence-corrected chi connectivity index (χ0v) is 10.9. The van der Waals surface area contributed by atoms with Crippen molar-refractivity contribution in [2.75, 3.05) is 6.61 Å². The van der Waals surface area contributed by atoms with Crippen LogP contribution in [-0.2, 0) is 6.54 Å². The number of nitrogens with two attached hydrogens (primary N) is 1. The molecule has 4 heteroatoms. The molecule has 0 bridgehead atoms. The lowest BCUT2D eigenvalue weighted by molar-refractivity contribution is 0.320. The first kappa shape index (κ1) is 14.2. The van der Waals surface area contributed by atoms with Crippen LogP contribution in [0.3, 0.4) is 0 Å². The molecule has 0 radical (unpaired) electrons. The minimum atomic E-state index is -0.737. The third kappa shape index (κ3) is 3.65. The molecular weight excluding hydrogens is 260 g/mol. The fourth-order valence-corrected chi connectivity index (χ4v) is 1.75. The summed E-state index contributed by atoms with van der Waals surface area (Å²) < 4.78 is 32.3. The molecule has 2 N–H and O–H groups in total. The van der Waals surface area contributed by atoms with Crippen LogP contribution in [-0.4, -0.2) is 6.61 Å². The molecule has 0 spiro atoms. The molecule has 2 aromatic rings. The van der Waals surface area contributed by atoms with Gasteiger partial charge in [-0.15, -0.1) is 0 Å². The van der Waals surface area contributed by atoms with Crippen molar-refractivity contribution in [3.8, 4) is 5.75 Å². The SMILES string of the molecule is NCc1cc(F)c(OCC=Cc2ccccc2)c(F)c1. The lowest BCUT2D eigenvalue weighted by atomic mass is 10.2. The lowest BCUT2D eigenvalue weighted by Crippen LogP contribution is -2.03. The van der Waals surface area contributed by atoms with Gasteiger partial charge in [-0.2, -0.15) is 0 Å². The predicted molar refractivity (Wildman–Crippen MR) is 75.2 cm³/mol. The summed E-state index contributed by atoms with van der Waals surface area (Å²) in [5, 5.41) is 0. The number of hydrogen-bond donors (Lipinski definition) is 1. The van der Waals surface area contributed by atoms with E-state index < -0.39 is 11.6 Å². The lowest BCUT2D eigenvalue weighted by Gasteiger charge is -2.07. The Labute approximate surface area is 116 Å². The van der Waals surface area contributed by atoms with Gasteiger partial charge in [0.1, 0.15) is 6.61 Å². The first-order valence-electron chi connectivity index (χ1n) is 6.23. The van der Waals surface area contributed by atoms with E-state index in [1.807, 2.05) is 36.4 Å². The zero-order chi connectivity index (χ0) is 14.4. The molecule has 104 valence electrons. The second kappa shape index (κ2) is 6.82. The Morgan fingerprint density at radius 1 is 1.05 bits per heavy atom. The van der Waals surface area contributed by atoms with Gasteiger partial charge in [0.2, 0.25) is 0 Å². The van der Waals surface area contributed by atoms with E-state index in [0.29, 0.717) is 5.56 Å². The highest BCUT2D eigenvalue weighted by Crippen LogP contribution is 2.23. The minimum Gasteiger partial charge on any atom is -0.483 e. The van der Waals surface area contributed by atoms with Gasteiger partial charge in [0.15, 0.2) is 17.4 Å². The monoisotopic (exact) mass is 275 g/mol. The number of ether oxygens (including phenoxy) is 1. The van der Waals surface area contributed by atoms with Gasteiger partial charge in [0, 0.05) is 6.54 Å². The van der Waals surface area contributed by atoms with Gasteiger partial charge in [-0.1, -0.05) is 36.4 Å². The van der Waals surface area contributed by atoms with Gasteiger partial charge in [-0.05, 0) is 29.3 Å². The Balaban J connectivity index is 1.99. The van der Waals surface area contributed by atoms with Crippen LogP contribution < -0.4 is 10.5 Å². The Bertz CT molecular complexity index is 574. The molecule has 0 amide bonds. The topological polar surface area (TPSA) is 35.2 Å². The molecule has 0 fully saturated rings. The minimum absolute atomic E-state index is 0.0853. The molecule has 0 aliphatic rings. The second-order valence-corrected chi connectivity index (χ2v) is 4.22. The predicted octanol–water partition coefficient (Wildman–Crippen LogP) is 3.52. The molecule has 0 saturated heterocycles. The van der Waals surface area contributed by atoms with Crippen molar-refractivity contribution in [2.24, 2.45) is 5.73 Å². The van der Waals surface area contributed by atoms with Crippen molar-refractivity contribution in [3.63, 3.8) is 0 Å². The molecule has 2 aromatic carbocycles. The average molecular weight is 275 g/mol. The van der Waals surface area contributed by atoms with Crippen LogP contribution >= 0.6 is 0 Å². The average Bonchev–Trinajstić information content (AvgIpc) is 2.46. The van der Waals surface area contributed by atoms with Crippen LogP contribution in [0.2, 0.25) is 0 Å². The molecule has 0 heterocycles. The molecule has 2 nitrogen and oxygen atoms in total. The van der Waals surface area contributed by atoms with Crippen LogP contribution in [0.4, 0.5) is 8.78 Å². The normalized spacial score (nSPS) is 10.9. The standard InChI is InChI=1S/C16H15F2NO/c17-14-9-13(11-19)10-15(18)16(14)20-8-4-7-12-5-2-1-3-6-12/h1-7,9-10H,8,11,19H2. The highest BCUT2D eigenvalue weighted by Gasteiger charge is 2.11. The summed E-state index contributed by atoms with van der Waals surface area (Å²) in [5.41, 5.74) is 6.73. The Morgan fingerprint density at radius 2 is 1.70 bits per heavy atom. The van der Waals surface area contributed by atoms with Crippen molar-refractivity contribution in [1.29, 1.82) is 0 Å². The van der Waals surface area contributed by atoms with Gasteiger partial charge in [-0.3, -0.25) is 0 Å². The van der Waals surface area contributed by atoms with Gasteiger partial charge >= 0.3 is 0 Å². The molecule has 0 unspecified atom stereocenters. The summed E-state index contributed by atoms with van der Waals surface area (Å²) in [6, 6.07) is 11.9. The highest BCUT2D eigenvalue weighted by molar-refractivity contribution is 5.48. The third-order valence-corrected chi connectivity index (χ3v) is 2.73. The molecule has 20 heavy (non-hydrogen) atoms. The quantitative estimate of drug-likeness (QED) is 0.906. The first-order valence-corrected chi connectivity index (χ1v) is 6.23. The largest absolute Gasteiger partial charge is 0.483 e. The molecular formula is C16H15F2NO. The van der Waals surface area contributed by atoms with Crippen LogP contribution in [0.15, 0.2) is 48.5 Å². The number of rotatable bonds is 5. The fraction of sp³-hybridized carbons (Fsp3) is 0.125. The van der Waals surface area contributed by atoms with Crippen molar-refractivity contribution in [2.45, 2.75) is 6.54 Å². The van der Waals surface area contributed by atoms with Crippen LogP contribution in [0.25, 0.3) is 6.08 Å². The second-order valence-electron chi connectivity index (χ2n) is 4.22. The van der Waals surface area contributed by atoms with E-state index in [4.69, 9.17) is 10.5 Å². The van der Waals surface area contributed by atoms with E-state index in [0.717, 1.165) is 5.56 Å². The van der Waals surface area contributed by atoms with Gasteiger partial charge in [0.05, 0.1) is 0 Å². The van der Waals surface area contributed by atoms with Crippen molar-refractivity contribution in [3.05, 3.63) is 71.3 Å². The summed E-state index contributed by atoms with van der Waals surface area (Å²) in [6.07, 6.45) is 3.52. The van der Waals surface area contributed by atoms with E-state index in [1.54, 1.807) is 6.08 Å². The van der Waals surface area contributed by atoms with Crippen LogP contribution in [0, 0.1) is 11.6 Å². The molecule has 0 saturated carbocycles. The molecule has 0 aliphatic heterocycles. The highest BCUT2D eigenvalue weighted by atomic mass is 19.1. The van der Waals surface area contributed by atoms with Crippen molar-refractivity contribution >= 4 is 6.08 Å². The Hall–Kier alpha value is -2.20. The van der Waals surface area contributed by atoms with Gasteiger partial charge in [-0.25, -0.2) is 8.78 Å². The summed E-state index contributed by atoms with van der Waals surface area (Å²) in [6.45, 7) is 0.173. The van der Waals surface area contributed by atoms with E-state index >= 15 is 0 Å². The number of hydrogen-bond acceptors (Lipinski definition) is 2. The van der Waals surface area contributed by atoms with Gasteiger partial charge in [0.25, 0.3) is 0 Å². The molecule has 2 rings (SSSR count). The van der Waals surface area contributed by atoms with E-state index in [9.17, 15) is 8.78 Å². The van der Waals surface area contributed by atoms with Crippen LogP contribution in [0.5, 0.6) is 5.75 Å². The molecule has 0 atom stereocenters. The third-order valence-electron chi connectivity index (χ3n) is 2.73. The fourth-order valence-electron chi connectivity index (χ4n) is 1.75. The first-order chi connectivity index (χ1) is 9.70. The summed E-state index contributed by atoms with van der Waals surface area (Å²) in [7, 11) is 0. The van der Waals surface area contributed by atoms with Crippen molar-refractivity contribution < 1.29 is 13.5 Å². The number of halogens is 2. The number of benzene rings is 2.